The lowest BCUT2D eigenvalue weighted by Crippen LogP contribution is -2.54. The molecule has 1 aliphatic rings. The second kappa shape index (κ2) is 4.39. The van der Waals surface area contributed by atoms with E-state index in [1.807, 2.05) is 11.7 Å². The monoisotopic (exact) mass is 243 g/mol. The standard InChI is InChI=1S/C15H21N3/c1-3-8-15(10-16-11-15)9-13-12-6-4-5-7-14(12)18(2)17-13/h4-7,16H,3,8-11H2,1-2H3. The maximum Gasteiger partial charge on any atom is 0.0709 e. The van der Waals surface area contributed by atoms with Gasteiger partial charge in [-0.25, -0.2) is 0 Å². The summed E-state index contributed by atoms with van der Waals surface area (Å²) in [4.78, 5) is 0. The third-order valence-corrected chi connectivity index (χ3v) is 4.16. The van der Waals surface area contributed by atoms with Crippen LogP contribution in [0.3, 0.4) is 0 Å². The first-order chi connectivity index (χ1) is 8.74. The summed E-state index contributed by atoms with van der Waals surface area (Å²) in [6.07, 6.45) is 3.66. The van der Waals surface area contributed by atoms with Gasteiger partial charge in [-0.05, 0) is 12.5 Å². The Morgan fingerprint density at radius 2 is 2.11 bits per heavy atom. The molecule has 1 aromatic carbocycles. The molecular weight excluding hydrogens is 222 g/mol. The van der Waals surface area contributed by atoms with Gasteiger partial charge in [0.25, 0.3) is 0 Å². The van der Waals surface area contributed by atoms with Crippen molar-refractivity contribution in [3.8, 4) is 0 Å². The molecule has 1 aromatic heterocycles. The van der Waals surface area contributed by atoms with Gasteiger partial charge in [0.05, 0.1) is 11.2 Å². The first-order valence-electron chi connectivity index (χ1n) is 6.85. The van der Waals surface area contributed by atoms with E-state index < -0.39 is 0 Å². The number of nitrogens with one attached hydrogen (secondary N) is 1. The van der Waals surface area contributed by atoms with E-state index in [4.69, 9.17) is 5.10 Å². The van der Waals surface area contributed by atoms with Crippen LogP contribution in [0.2, 0.25) is 0 Å². The highest BCUT2D eigenvalue weighted by Crippen LogP contribution is 2.34. The van der Waals surface area contributed by atoms with Crippen molar-refractivity contribution in [3.63, 3.8) is 0 Å². The van der Waals surface area contributed by atoms with Gasteiger partial charge in [0.2, 0.25) is 0 Å². The largest absolute Gasteiger partial charge is 0.316 e. The minimum absolute atomic E-state index is 0.450. The first-order valence-corrected chi connectivity index (χ1v) is 6.85. The molecule has 0 spiro atoms. The van der Waals surface area contributed by atoms with Crippen LogP contribution in [0.5, 0.6) is 0 Å². The average Bonchev–Trinajstić information content (AvgIpc) is 2.65. The highest BCUT2D eigenvalue weighted by molar-refractivity contribution is 5.81. The molecule has 3 nitrogen and oxygen atoms in total. The van der Waals surface area contributed by atoms with E-state index >= 15 is 0 Å². The van der Waals surface area contributed by atoms with Crippen LogP contribution in [0.25, 0.3) is 10.9 Å². The third kappa shape index (κ3) is 1.83. The zero-order valence-corrected chi connectivity index (χ0v) is 11.2. The van der Waals surface area contributed by atoms with Gasteiger partial charge in [-0.1, -0.05) is 31.5 Å². The van der Waals surface area contributed by atoms with Crippen molar-refractivity contribution in [1.29, 1.82) is 0 Å². The molecule has 1 saturated heterocycles. The molecular formula is C15H21N3. The molecule has 1 fully saturated rings. The quantitative estimate of drug-likeness (QED) is 0.894. The Hall–Kier alpha value is -1.35. The summed E-state index contributed by atoms with van der Waals surface area (Å²) in [6, 6.07) is 8.54. The smallest absolute Gasteiger partial charge is 0.0709 e. The highest BCUT2D eigenvalue weighted by Gasteiger charge is 2.37. The van der Waals surface area contributed by atoms with Crippen LogP contribution in [-0.2, 0) is 13.5 Å². The van der Waals surface area contributed by atoms with E-state index in [-0.39, 0.29) is 0 Å². The zero-order valence-electron chi connectivity index (χ0n) is 11.2. The Balaban J connectivity index is 1.95. The summed E-state index contributed by atoms with van der Waals surface area (Å²) in [5.74, 6) is 0. The highest BCUT2D eigenvalue weighted by atomic mass is 15.3. The summed E-state index contributed by atoms with van der Waals surface area (Å²) in [5, 5.41) is 9.48. The van der Waals surface area contributed by atoms with E-state index in [2.05, 4.69) is 36.5 Å². The van der Waals surface area contributed by atoms with E-state index in [0.29, 0.717) is 5.41 Å². The number of para-hydroxylation sites is 1. The van der Waals surface area contributed by atoms with Gasteiger partial charge in [-0.3, -0.25) is 4.68 Å². The number of nitrogens with zero attached hydrogens (tertiary/aromatic N) is 2. The molecule has 0 amide bonds. The minimum Gasteiger partial charge on any atom is -0.316 e. The Labute approximate surface area is 108 Å². The summed E-state index contributed by atoms with van der Waals surface area (Å²) >= 11 is 0. The summed E-state index contributed by atoms with van der Waals surface area (Å²) < 4.78 is 2.01. The lowest BCUT2D eigenvalue weighted by molar-refractivity contribution is 0.149. The molecule has 1 N–H and O–H groups in total. The van der Waals surface area contributed by atoms with Crippen molar-refractivity contribution < 1.29 is 0 Å². The number of hydrogen-bond acceptors (Lipinski definition) is 2. The Bertz CT molecular complexity index is 552. The van der Waals surface area contributed by atoms with Crippen LogP contribution in [-0.4, -0.2) is 22.9 Å². The van der Waals surface area contributed by atoms with Gasteiger partial charge in [-0.2, -0.15) is 5.10 Å². The van der Waals surface area contributed by atoms with Gasteiger partial charge in [-0.15, -0.1) is 0 Å². The van der Waals surface area contributed by atoms with Crippen LogP contribution in [0.1, 0.15) is 25.5 Å². The Morgan fingerprint density at radius 1 is 1.33 bits per heavy atom. The molecule has 0 bridgehead atoms. The molecule has 18 heavy (non-hydrogen) atoms. The maximum absolute atomic E-state index is 4.73. The van der Waals surface area contributed by atoms with Crippen LogP contribution < -0.4 is 5.32 Å². The number of rotatable bonds is 4. The maximum atomic E-state index is 4.73. The SMILES string of the molecule is CCCC1(Cc2nn(C)c3ccccc23)CNC1. The van der Waals surface area contributed by atoms with Gasteiger partial charge < -0.3 is 5.32 Å². The van der Waals surface area contributed by atoms with Crippen LogP contribution in [0.4, 0.5) is 0 Å². The molecule has 2 aromatic rings. The number of aromatic nitrogens is 2. The van der Waals surface area contributed by atoms with Crippen LogP contribution in [0, 0.1) is 5.41 Å². The topological polar surface area (TPSA) is 29.9 Å². The number of aryl methyl sites for hydroxylation is 1. The molecule has 1 aliphatic heterocycles. The number of benzene rings is 1. The summed E-state index contributed by atoms with van der Waals surface area (Å²) in [5.41, 5.74) is 2.96. The molecule has 3 rings (SSSR count). The van der Waals surface area contributed by atoms with E-state index in [1.54, 1.807) is 0 Å². The van der Waals surface area contributed by atoms with Crippen LogP contribution in [0.15, 0.2) is 24.3 Å². The fourth-order valence-electron chi connectivity index (χ4n) is 3.17. The predicted octanol–water partition coefficient (Wildman–Crippen LogP) is 2.51. The van der Waals surface area contributed by atoms with Crippen molar-refractivity contribution in [1.82, 2.24) is 15.1 Å². The fraction of sp³-hybridized carbons (Fsp3) is 0.533. The van der Waals surface area contributed by atoms with Gasteiger partial charge in [0, 0.05) is 37.4 Å². The Morgan fingerprint density at radius 3 is 2.78 bits per heavy atom. The molecule has 2 heterocycles. The molecule has 0 radical (unpaired) electrons. The van der Waals surface area contributed by atoms with Crippen molar-refractivity contribution >= 4 is 10.9 Å². The van der Waals surface area contributed by atoms with Crippen molar-refractivity contribution in [2.75, 3.05) is 13.1 Å². The van der Waals surface area contributed by atoms with Gasteiger partial charge in [0.1, 0.15) is 0 Å². The lowest BCUT2D eigenvalue weighted by atomic mass is 9.74. The molecule has 0 unspecified atom stereocenters. The fourth-order valence-corrected chi connectivity index (χ4v) is 3.17. The third-order valence-electron chi connectivity index (χ3n) is 4.16. The number of fused-ring (bicyclic) bond motifs is 1. The minimum atomic E-state index is 0.450. The summed E-state index contributed by atoms with van der Waals surface area (Å²) in [6.45, 7) is 4.56. The molecule has 0 atom stereocenters. The second-order valence-electron chi connectivity index (χ2n) is 5.62. The molecule has 96 valence electrons. The lowest BCUT2D eigenvalue weighted by Gasteiger charge is -2.42. The normalized spacial score (nSPS) is 17.9. The molecule has 0 aliphatic carbocycles. The average molecular weight is 243 g/mol. The molecule has 0 saturated carbocycles. The van der Waals surface area contributed by atoms with Crippen LogP contribution >= 0.6 is 0 Å². The zero-order chi connectivity index (χ0) is 12.6. The van der Waals surface area contributed by atoms with Crippen molar-refractivity contribution in [2.45, 2.75) is 26.2 Å². The first kappa shape index (κ1) is 11.7. The predicted molar refractivity (Wildman–Crippen MR) is 74.6 cm³/mol. The van der Waals surface area contributed by atoms with E-state index in [9.17, 15) is 0 Å². The summed E-state index contributed by atoms with van der Waals surface area (Å²) in [7, 11) is 2.04. The second-order valence-corrected chi connectivity index (χ2v) is 5.62. The number of hydrogen-bond donors (Lipinski definition) is 1. The van der Waals surface area contributed by atoms with Gasteiger partial charge in [0.15, 0.2) is 0 Å². The molecule has 3 heteroatoms. The van der Waals surface area contributed by atoms with E-state index in [0.717, 1.165) is 19.5 Å². The van der Waals surface area contributed by atoms with Gasteiger partial charge >= 0.3 is 0 Å². The van der Waals surface area contributed by atoms with E-state index in [1.165, 1.54) is 29.4 Å². The van der Waals surface area contributed by atoms with Crippen molar-refractivity contribution in [3.05, 3.63) is 30.0 Å². The Kier molecular flexibility index (Phi) is 2.86. The van der Waals surface area contributed by atoms with Crippen molar-refractivity contribution in [2.24, 2.45) is 12.5 Å².